The molecule has 0 aliphatic rings. The van der Waals surface area contributed by atoms with Crippen molar-refractivity contribution in [2.45, 2.75) is 0 Å². The first kappa shape index (κ1) is 6.36. The largest absolute Gasteiger partial charge is 0.294 e. The molecule has 0 radical (unpaired) electrons. The molecule has 0 aromatic rings. The van der Waals surface area contributed by atoms with Gasteiger partial charge >= 0.3 is 0 Å². The fraction of sp³-hybridized carbons (Fsp3) is 1.00. The van der Waals surface area contributed by atoms with Gasteiger partial charge in [0.2, 0.25) is 11.3 Å². The van der Waals surface area contributed by atoms with E-state index in [0.717, 1.165) is 0 Å². The number of halogens is 1. The molecule has 0 aliphatic heterocycles. The minimum Gasteiger partial charge on any atom is -0.294 e. The summed E-state index contributed by atoms with van der Waals surface area (Å²) < 4.78 is 19.3. The van der Waals surface area contributed by atoms with Crippen LogP contribution in [0.3, 0.4) is 0 Å². The quantitative estimate of drug-likeness (QED) is 0.311. The molecule has 1 unspecified atom stereocenters. The lowest BCUT2D eigenvalue weighted by Crippen LogP contribution is -2.12. The number of alkyl halides is 1. The Kier molecular flexibility index (Phi) is 3.76. The van der Waals surface area contributed by atoms with Gasteiger partial charge in [0.1, 0.15) is 0 Å². The molecule has 0 rings (SSSR count). The average molecular weight is 130 g/mol. The van der Waals surface area contributed by atoms with Crippen molar-refractivity contribution >= 4 is 22.9 Å². The van der Waals surface area contributed by atoms with Crippen LogP contribution in [-0.2, 0) is 11.3 Å². The lowest BCUT2D eigenvalue weighted by atomic mass is 11.6. The van der Waals surface area contributed by atoms with Crippen LogP contribution in [0.25, 0.3) is 0 Å². The summed E-state index contributed by atoms with van der Waals surface area (Å²) in [4.78, 5) is 0. The summed E-state index contributed by atoms with van der Waals surface area (Å²) in [6.07, 6.45) is 0. The molecule has 0 fully saturated rings. The molecule has 0 aromatic heterocycles. The van der Waals surface area contributed by atoms with E-state index in [1.165, 1.54) is 0 Å². The van der Waals surface area contributed by atoms with Crippen molar-refractivity contribution in [3.8, 4) is 0 Å². The molecule has 6 heavy (non-hydrogen) atoms. The third-order valence-electron chi connectivity index (χ3n) is 0.178. The van der Waals surface area contributed by atoms with E-state index in [9.17, 15) is 4.21 Å². The van der Waals surface area contributed by atoms with Gasteiger partial charge in [-0.2, -0.15) is 4.72 Å². The maximum atomic E-state index is 9.51. The molecule has 2 N–H and O–H groups in total. The highest BCUT2D eigenvalue weighted by molar-refractivity contribution is 7.77. The van der Waals surface area contributed by atoms with E-state index in [0.29, 0.717) is 0 Å². The topological polar surface area (TPSA) is 49.3 Å². The van der Waals surface area contributed by atoms with Gasteiger partial charge in [-0.1, -0.05) is 0 Å². The van der Waals surface area contributed by atoms with Crippen LogP contribution in [0.1, 0.15) is 0 Å². The third kappa shape index (κ3) is 4.36. The average Bonchev–Trinajstić information content (AvgIpc) is 1.35. The smallest absolute Gasteiger partial charge is 0.232 e. The van der Waals surface area contributed by atoms with E-state index >= 15 is 0 Å². The van der Waals surface area contributed by atoms with E-state index in [1.807, 2.05) is 4.72 Å². The lowest BCUT2D eigenvalue weighted by Gasteiger charge is -1.84. The molecule has 0 aliphatic carbocycles. The van der Waals surface area contributed by atoms with Crippen molar-refractivity contribution in [1.29, 1.82) is 0 Å². The van der Waals surface area contributed by atoms with Crippen molar-refractivity contribution in [2.24, 2.45) is 0 Å². The second-order valence-corrected chi connectivity index (χ2v) is 1.58. The Labute approximate surface area is 43.1 Å². The first-order valence-corrected chi connectivity index (χ1v) is 2.82. The maximum absolute atomic E-state index is 9.51. The Bertz CT molecular complexity index is 57.5. The monoisotopic (exact) mass is 129 g/mol. The predicted octanol–water partition coefficient (Wildman–Crippen LogP) is -0.0910. The van der Waals surface area contributed by atoms with Crippen LogP contribution in [0.15, 0.2) is 0 Å². The number of nitrogens with one attached hydrogen (secondary N) is 1. The fourth-order valence-corrected chi connectivity index (χ4v) is 0.420. The summed E-state index contributed by atoms with van der Waals surface area (Å²) in [5, 5.41) is 0. The Hall–Kier alpha value is 0.360. The Morgan fingerprint density at radius 3 is 2.50 bits per heavy atom. The number of rotatable bonds is 2. The van der Waals surface area contributed by atoms with Gasteiger partial charge in [0.15, 0.2) is 0 Å². The zero-order chi connectivity index (χ0) is 4.99. The highest BCUT2D eigenvalue weighted by Crippen LogP contribution is 1.65. The Morgan fingerprint density at radius 2 is 2.50 bits per heavy atom. The van der Waals surface area contributed by atoms with Crippen molar-refractivity contribution < 1.29 is 8.76 Å². The summed E-state index contributed by atoms with van der Waals surface area (Å²) in [5.74, 6) is 0. The zero-order valence-corrected chi connectivity index (χ0v) is 4.42. The molecule has 0 bridgehead atoms. The summed E-state index contributed by atoms with van der Waals surface area (Å²) in [5.41, 5.74) is 0. The first-order chi connectivity index (χ1) is 2.77. The fourth-order valence-electron chi connectivity index (χ4n) is 0.0467. The van der Waals surface area contributed by atoms with Crippen LogP contribution in [-0.4, -0.2) is 14.8 Å². The molecule has 0 aromatic carbocycles. The highest BCUT2D eigenvalue weighted by atomic mass is 35.5. The molecule has 0 saturated heterocycles. The second-order valence-electron chi connectivity index (χ2n) is 0.527. The van der Waals surface area contributed by atoms with E-state index in [4.69, 9.17) is 16.2 Å². The molecule has 0 saturated carbocycles. The number of hydrogen-bond donors (Lipinski definition) is 2. The Balaban J connectivity index is 2.83. The maximum Gasteiger partial charge on any atom is 0.232 e. The molecule has 5 heteroatoms. The van der Waals surface area contributed by atoms with Crippen LogP contribution in [0.4, 0.5) is 0 Å². The van der Waals surface area contributed by atoms with Gasteiger partial charge in [-0.05, 0) is 0 Å². The van der Waals surface area contributed by atoms with Gasteiger partial charge in [-0.25, -0.2) is 4.21 Å². The predicted molar refractivity (Wildman–Crippen MR) is 24.6 cm³/mol. The first-order valence-electron chi connectivity index (χ1n) is 1.17. The lowest BCUT2D eigenvalue weighted by molar-refractivity contribution is 0.554. The van der Waals surface area contributed by atoms with Crippen LogP contribution in [0.5, 0.6) is 0 Å². The van der Waals surface area contributed by atoms with Crippen molar-refractivity contribution in [2.75, 3.05) is 6.00 Å². The summed E-state index contributed by atoms with van der Waals surface area (Å²) >= 11 is 2.98. The normalized spacial score (nSPS) is 14.3. The molecule has 1 atom stereocenters. The molecule has 0 amide bonds. The zero-order valence-electron chi connectivity index (χ0n) is 2.85. The molecule has 38 valence electrons. The van der Waals surface area contributed by atoms with Crippen molar-refractivity contribution in [1.82, 2.24) is 4.72 Å². The van der Waals surface area contributed by atoms with Crippen molar-refractivity contribution in [3.63, 3.8) is 0 Å². The van der Waals surface area contributed by atoms with Gasteiger partial charge in [0, 0.05) is 0 Å². The van der Waals surface area contributed by atoms with Gasteiger partial charge in [0.25, 0.3) is 0 Å². The molecule has 0 heterocycles. The van der Waals surface area contributed by atoms with Crippen LogP contribution < -0.4 is 4.72 Å². The van der Waals surface area contributed by atoms with Gasteiger partial charge < -0.3 is 0 Å². The van der Waals surface area contributed by atoms with Gasteiger partial charge in [0.05, 0.1) is 6.00 Å². The van der Waals surface area contributed by atoms with E-state index in [1.54, 1.807) is 0 Å². The summed E-state index contributed by atoms with van der Waals surface area (Å²) in [6.45, 7) is 0. The SMILES string of the molecule is O=S(O)NCCl. The molecule has 0 spiro atoms. The second kappa shape index (κ2) is 3.55. The molecular weight excluding hydrogens is 126 g/mol. The Morgan fingerprint density at radius 1 is 2.00 bits per heavy atom. The van der Waals surface area contributed by atoms with Gasteiger partial charge in [-0.3, -0.25) is 4.55 Å². The minimum atomic E-state index is -1.95. The highest BCUT2D eigenvalue weighted by Gasteiger charge is 1.81. The third-order valence-corrected chi connectivity index (χ3v) is 0.861. The molecule has 3 nitrogen and oxygen atoms in total. The molecular formula is CH4ClNO2S. The van der Waals surface area contributed by atoms with Crippen LogP contribution in [0, 0.1) is 0 Å². The van der Waals surface area contributed by atoms with E-state index in [2.05, 4.69) is 0 Å². The van der Waals surface area contributed by atoms with E-state index in [-0.39, 0.29) is 6.00 Å². The van der Waals surface area contributed by atoms with Crippen LogP contribution in [0.2, 0.25) is 0 Å². The summed E-state index contributed by atoms with van der Waals surface area (Å²) in [7, 11) is 0. The van der Waals surface area contributed by atoms with Gasteiger partial charge in [-0.15, -0.1) is 11.6 Å². The van der Waals surface area contributed by atoms with Crippen molar-refractivity contribution in [3.05, 3.63) is 0 Å². The number of hydrogen-bond acceptors (Lipinski definition) is 1. The summed E-state index contributed by atoms with van der Waals surface area (Å²) in [6, 6.07) is 0.00309. The minimum absolute atomic E-state index is 0.00309. The van der Waals surface area contributed by atoms with E-state index < -0.39 is 11.3 Å². The standard InChI is InChI=1S/CH4ClNO2S/c2-1-3-6(4)5/h3H,1H2,(H,4,5). The van der Waals surface area contributed by atoms with Crippen LogP contribution >= 0.6 is 11.6 Å².